The second-order valence-electron chi connectivity index (χ2n) is 7.56. The van der Waals surface area contributed by atoms with Gasteiger partial charge >= 0.3 is 6.03 Å². The minimum absolute atomic E-state index is 0.369. The monoisotopic (exact) mass is 435 g/mol. The summed E-state index contributed by atoms with van der Waals surface area (Å²) < 4.78 is 18.5. The summed E-state index contributed by atoms with van der Waals surface area (Å²) in [5.74, 6) is 0.174. The number of ether oxygens (including phenoxy) is 1. The van der Waals surface area contributed by atoms with Gasteiger partial charge in [0.1, 0.15) is 5.82 Å². The molecule has 1 saturated heterocycles. The Labute approximate surface area is 183 Å². The molecule has 2 aromatic heterocycles. The molecular formula is C22H22FN7O2. The number of anilines is 2. The molecule has 0 radical (unpaired) electrons. The Morgan fingerprint density at radius 3 is 2.75 bits per heavy atom. The third-order valence-electron chi connectivity index (χ3n) is 5.27. The van der Waals surface area contributed by atoms with E-state index in [-0.39, 0.29) is 5.82 Å². The molecule has 1 aliphatic rings. The van der Waals surface area contributed by atoms with Gasteiger partial charge in [-0.05, 0) is 42.0 Å². The number of amides is 2. The molecule has 9 nitrogen and oxygen atoms in total. The Morgan fingerprint density at radius 2 is 1.94 bits per heavy atom. The number of hydrogen-bond donors (Lipinski definition) is 4. The summed E-state index contributed by atoms with van der Waals surface area (Å²) in [5.41, 5.74) is 4.33. The third-order valence-corrected chi connectivity index (χ3v) is 5.27. The lowest BCUT2D eigenvalue weighted by Crippen LogP contribution is -2.35. The SMILES string of the molecule is O=C(Nc1ccc(F)cc1)Nc1c[nH]nc1-c1nc2cc(CN3CCOCC3)ccc2[nH]1. The normalized spacial score (nSPS) is 14.5. The third kappa shape index (κ3) is 4.46. The number of halogens is 1. The van der Waals surface area contributed by atoms with Crippen molar-refractivity contribution in [2.24, 2.45) is 0 Å². The van der Waals surface area contributed by atoms with Crippen LogP contribution in [0.2, 0.25) is 0 Å². The van der Waals surface area contributed by atoms with Crippen LogP contribution in [0.1, 0.15) is 5.56 Å². The van der Waals surface area contributed by atoms with Gasteiger partial charge in [-0.2, -0.15) is 5.10 Å². The number of morpholine rings is 1. The van der Waals surface area contributed by atoms with Gasteiger partial charge in [-0.1, -0.05) is 6.07 Å². The molecule has 32 heavy (non-hydrogen) atoms. The van der Waals surface area contributed by atoms with Crippen LogP contribution in [0, 0.1) is 5.82 Å². The molecule has 4 aromatic rings. The van der Waals surface area contributed by atoms with Crippen LogP contribution < -0.4 is 10.6 Å². The van der Waals surface area contributed by atoms with Crippen LogP contribution >= 0.6 is 0 Å². The largest absolute Gasteiger partial charge is 0.379 e. The number of fused-ring (bicyclic) bond motifs is 1. The van der Waals surface area contributed by atoms with E-state index >= 15 is 0 Å². The predicted octanol–water partition coefficient (Wildman–Crippen LogP) is 3.57. The maximum absolute atomic E-state index is 13.0. The number of aromatic amines is 2. The fourth-order valence-corrected chi connectivity index (χ4v) is 3.66. The highest BCUT2D eigenvalue weighted by Crippen LogP contribution is 2.26. The van der Waals surface area contributed by atoms with Crippen molar-refractivity contribution in [3.05, 3.63) is 60.0 Å². The summed E-state index contributed by atoms with van der Waals surface area (Å²) in [4.78, 5) is 22.6. The van der Waals surface area contributed by atoms with Gasteiger partial charge in [0, 0.05) is 31.5 Å². The molecule has 4 N–H and O–H groups in total. The fraction of sp³-hybridized carbons (Fsp3) is 0.227. The van der Waals surface area contributed by atoms with E-state index in [4.69, 9.17) is 4.74 Å². The summed E-state index contributed by atoms with van der Waals surface area (Å²) >= 11 is 0. The molecule has 3 heterocycles. The fourth-order valence-electron chi connectivity index (χ4n) is 3.66. The Morgan fingerprint density at radius 1 is 1.12 bits per heavy atom. The van der Waals surface area contributed by atoms with Crippen LogP contribution in [0.15, 0.2) is 48.7 Å². The number of hydrogen-bond acceptors (Lipinski definition) is 5. The van der Waals surface area contributed by atoms with Crippen molar-refractivity contribution in [3.8, 4) is 11.5 Å². The average molecular weight is 435 g/mol. The Hall–Kier alpha value is -3.76. The maximum atomic E-state index is 13.0. The predicted molar refractivity (Wildman–Crippen MR) is 119 cm³/mol. The standard InChI is InChI=1S/C22H22FN7O2/c23-15-2-4-16(5-3-15)25-22(31)28-19-12-24-29-20(19)21-26-17-6-1-14(11-18(17)27-21)13-30-7-9-32-10-8-30/h1-6,11-12H,7-10,13H2,(H,24,29)(H,26,27)(H2,25,28,31). The van der Waals surface area contributed by atoms with E-state index in [0.29, 0.717) is 22.9 Å². The summed E-state index contributed by atoms with van der Waals surface area (Å²) in [7, 11) is 0. The molecule has 10 heteroatoms. The highest BCUT2D eigenvalue weighted by molar-refractivity contribution is 6.01. The number of benzene rings is 2. The molecule has 5 rings (SSSR count). The van der Waals surface area contributed by atoms with E-state index in [2.05, 4.69) is 47.8 Å². The summed E-state index contributed by atoms with van der Waals surface area (Å²) in [6, 6.07) is 11.2. The van der Waals surface area contributed by atoms with Gasteiger partial charge in [0.05, 0.1) is 29.9 Å². The topological polar surface area (TPSA) is 111 Å². The molecule has 0 aliphatic carbocycles. The maximum Gasteiger partial charge on any atom is 0.323 e. The van der Waals surface area contributed by atoms with Gasteiger partial charge < -0.3 is 20.4 Å². The summed E-state index contributed by atoms with van der Waals surface area (Å²) in [6.07, 6.45) is 1.58. The Balaban J connectivity index is 1.31. The van der Waals surface area contributed by atoms with E-state index in [1.54, 1.807) is 6.20 Å². The molecule has 0 saturated carbocycles. The summed E-state index contributed by atoms with van der Waals surface area (Å²) in [6.45, 7) is 4.22. The smallest absolute Gasteiger partial charge is 0.323 e. The van der Waals surface area contributed by atoms with Gasteiger partial charge in [-0.3, -0.25) is 10.00 Å². The molecule has 2 aromatic carbocycles. The Bertz CT molecular complexity index is 1230. The number of H-pyrrole nitrogens is 2. The van der Waals surface area contributed by atoms with Gasteiger partial charge in [0.25, 0.3) is 0 Å². The molecule has 0 spiro atoms. The van der Waals surface area contributed by atoms with Crippen molar-refractivity contribution < 1.29 is 13.9 Å². The second-order valence-corrected chi connectivity index (χ2v) is 7.56. The van der Waals surface area contributed by atoms with Crippen LogP contribution in [0.25, 0.3) is 22.6 Å². The minimum Gasteiger partial charge on any atom is -0.379 e. The van der Waals surface area contributed by atoms with E-state index in [9.17, 15) is 9.18 Å². The quantitative estimate of drug-likeness (QED) is 0.383. The van der Waals surface area contributed by atoms with Crippen molar-refractivity contribution in [2.45, 2.75) is 6.54 Å². The number of carbonyl (C=O) groups is 1. The average Bonchev–Trinajstić information content (AvgIpc) is 3.42. The van der Waals surface area contributed by atoms with Crippen molar-refractivity contribution >= 4 is 28.4 Å². The number of rotatable bonds is 5. The number of imidazole rings is 1. The van der Waals surface area contributed by atoms with Crippen molar-refractivity contribution in [1.82, 2.24) is 25.1 Å². The zero-order valence-corrected chi connectivity index (χ0v) is 17.2. The summed E-state index contributed by atoms with van der Waals surface area (Å²) in [5, 5.41) is 12.4. The second kappa shape index (κ2) is 8.77. The van der Waals surface area contributed by atoms with E-state index in [1.807, 2.05) is 6.07 Å². The first-order valence-electron chi connectivity index (χ1n) is 10.3. The molecule has 164 valence electrons. The van der Waals surface area contributed by atoms with Crippen LogP contribution in [-0.2, 0) is 11.3 Å². The zero-order valence-electron chi connectivity index (χ0n) is 17.2. The van der Waals surface area contributed by atoms with Crippen LogP contribution in [0.3, 0.4) is 0 Å². The lowest BCUT2D eigenvalue weighted by molar-refractivity contribution is 0.0342. The van der Waals surface area contributed by atoms with Gasteiger partial charge in [-0.15, -0.1) is 0 Å². The molecular weight excluding hydrogens is 413 g/mol. The molecule has 0 unspecified atom stereocenters. The van der Waals surface area contributed by atoms with E-state index < -0.39 is 6.03 Å². The van der Waals surface area contributed by atoms with Crippen LogP contribution in [-0.4, -0.2) is 57.4 Å². The van der Waals surface area contributed by atoms with Crippen molar-refractivity contribution in [2.75, 3.05) is 36.9 Å². The number of urea groups is 1. The first-order chi connectivity index (χ1) is 15.6. The number of nitrogens with zero attached hydrogens (tertiary/aromatic N) is 3. The van der Waals surface area contributed by atoms with E-state index in [0.717, 1.165) is 43.9 Å². The van der Waals surface area contributed by atoms with Crippen LogP contribution in [0.4, 0.5) is 20.6 Å². The number of nitrogens with one attached hydrogen (secondary N) is 4. The first-order valence-corrected chi connectivity index (χ1v) is 10.3. The van der Waals surface area contributed by atoms with Crippen LogP contribution in [0.5, 0.6) is 0 Å². The highest BCUT2D eigenvalue weighted by Gasteiger charge is 2.16. The van der Waals surface area contributed by atoms with Crippen molar-refractivity contribution in [1.29, 1.82) is 0 Å². The molecule has 2 amide bonds. The number of carbonyl (C=O) groups excluding carboxylic acids is 1. The lowest BCUT2D eigenvalue weighted by atomic mass is 10.2. The molecule has 1 aliphatic heterocycles. The molecule has 0 bridgehead atoms. The molecule has 1 fully saturated rings. The van der Waals surface area contributed by atoms with Gasteiger partial charge in [0.15, 0.2) is 11.5 Å². The zero-order chi connectivity index (χ0) is 21.9. The van der Waals surface area contributed by atoms with Gasteiger partial charge in [-0.25, -0.2) is 14.2 Å². The minimum atomic E-state index is -0.469. The first kappa shape index (κ1) is 20.2. The van der Waals surface area contributed by atoms with Crippen molar-refractivity contribution in [3.63, 3.8) is 0 Å². The Kier molecular flexibility index (Phi) is 5.53. The molecule has 0 atom stereocenters. The number of aromatic nitrogens is 4. The highest BCUT2D eigenvalue weighted by atomic mass is 19.1. The lowest BCUT2D eigenvalue weighted by Gasteiger charge is -2.26. The van der Waals surface area contributed by atoms with Gasteiger partial charge in [0.2, 0.25) is 0 Å². The van der Waals surface area contributed by atoms with E-state index in [1.165, 1.54) is 29.8 Å².